The van der Waals surface area contributed by atoms with Crippen LogP contribution in [0.25, 0.3) is 10.8 Å². The van der Waals surface area contributed by atoms with Gasteiger partial charge in [0.2, 0.25) is 0 Å². The summed E-state index contributed by atoms with van der Waals surface area (Å²) in [5, 5.41) is 2.45. The molecule has 2 aromatic rings. The predicted octanol–water partition coefficient (Wildman–Crippen LogP) is 2.80. The van der Waals surface area contributed by atoms with Gasteiger partial charge in [-0.05, 0) is 16.3 Å². The van der Waals surface area contributed by atoms with Gasteiger partial charge in [0.05, 0.1) is 0 Å². The van der Waals surface area contributed by atoms with Crippen LogP contribution in [0.4, 0.5) is 0 Å². The van der Waals surface area contributed by atoms with Crippen LogP contribution in [0.2, 0.25) is 0 Å². The van der Waals surface area contributed by atoms with Crippen molar-refractivity contribution in [3.63, 3.8) is 0 Å². The number of benzene rings is 2. The highest BCUT2D eigenvalue weighted by molar-refractivity contribution is 6.60. The summed E-state index contributed by atoms with van der Waals surface area (Å²) < 4.78 is 16.5. The minimum absolute atomic E-state index is 0.678. The van der Waals surface area contributed by atoms with Crippen molar-refractivity contribution in [2.24, 2.45) is 0 Å². The van der Waals surface area contributed by atoms with Crippen molar-refractivity contribution < 1.29 is 13.3 Å². The molecule has 0 amide bonds. The zero-order valence-corrected chi connectivity index (χ0v) is 12.0. The highest BCUT2D eigenvalue weighted by Gasteiger charge is 2.38. The van der Waals surface area contributed by atoms with Gasteiger partial charge in [-0.3, -0.25) is 0 Å². The second-order valence-corrected chi connectivity index (χ2v) is 7.05. The first-order valence-corrected chi connectivity index (χ1v) is 7.80. The summed E-state index contributed by atoms with van der Waals surface area (Å²) in [4.78, 5) is 0. The van der Waals surface area contributed by atoms with E-state index in [1.54, 1.807) is 21.3 Å². The molecule has 18 heavy (non-hydrogen) atoms. The SMILES string of the molecule is CO[Si](Cc1cccc2ccccc12)(OC)OC. The maximum absolute atomic E-state index is 5.48. The fraction of sp³-hybridized carbons (Fsp3) is 0.286. The van der Waals surface area contributed by atoms with Crippen LogP contribution < -0.4 is 0 Å². The van der Waals surface area contributed by atoms with Gasteiger partial charge < -0.3 is 13.3 Å². The summed E-state index contributed by atoms with van der Waals surface area (Å²) in [5.41, 5.74) is 1.20. The Morgan fingerprint density at radius 2 is 1.44 bits per heavy atom. The Morgan fingerprint density at radius 3 is 2.11 bits per heavy atom. The van der Waals surface area contributed by atoms with Crippen molar-refractivity contribution in [3.8, 4) is 0 Å². The molecule has 3 nitrogen and oxygen atoms in total. The Morgan fingerprint density at radius 1 is 0.833 bits per heavy atom. The molecule has 0 fully saturated rings. The molecule has 4 heteroatoms. The topological polar surface area (TPSA) is 27.7 Å². The van der Waals surface area contributed by atoms with E-state index < -0.39 is 8.80 Å². The Hall–Kier alpha value is -1.20. The summed E-state index contributed by atoms with van der Waals surface area (Å²) in [7, 11) is 2.35. The Balaban J connectivity index is 2.42. The maximum Gasteiger partial charge on any atom is 0.504 e. The Labute approximate surface area is 109 Å². The smallest absolute Gasteiger partial charge is 0.377 e. The van der Waals surface area contributed by atoms with Gasteiger partial charge in [0, 0.05) is 27.4 Å². The minimum atomic E-state index is -2.58. The molecular weight excluding hydrogens is 244 g/mol. The molecule has 0 aliphatic heterocycles. The van der Waals surface area contributed by atoms with E-state index in [9.17, 15) is 0 Å². The van der Waals surface area contributed by atoms with E-state index >= 15 is 0 Å². The summed E-state index contributed by atoms with van der Waals surface area (Å²) >= 11 is 0. The second kappa shape index (κ2) is 5.62. The van der Waals surface area contributed by atoms with Crippen LogP contribution in [0.3, 0.4) is 0 Å². The van der Waals surface area contributed by atoms with Crippen LogP contribution in [0.5, 0.6) is 0 Å². The number of hydrogen-bond acceptors (Lipinski definition) is 3. The first-order chi connectivity index (χ1) is 8.74. The standard InChI is InChI=1S/C14H18O3Si/c1-15-18(16-2,17-3)11-13-9-6-8-12-7-4-5-10-14(12)13/h4-10H,11H2,1-3H3. The lowest BCUT2D eigenvalue weighted by Crippen LogP contribution is -2.45. The molecule has 0 saturated heterocycles. The summed E-state index contributed by atoms with van der Waals surface area (Å²) in [6.45, 7) is 0. The van der Waals surface area contributed by atoms with E-state index in [4.69, 9.17) is 13.3 Å². The summed E-state index contributed by atoms with van der Waals surface area (Å²) in [5.74, 6) is 0. The maximum atomic E-state index is 5.48. The van der Waals surface area contributed by atoms with Crippen LogP contribution in [0.1, 0.15) is 5.56 Å². The molecule has 96 valence electrons. The average Bonchev–Trinajstić information content (AvgIpc) is 2.45. The quantitative estimate of drug-likeness (QED) is 0.776. The van der Waals surface area contributed by atoms with Crippen LogP contribution >= 0.6 is 0 Å². The predicted molar refractivity (Wildman–Crippen MR) is 74.4 cm³/mol. The van der Waals surface area contributed by atoms with Crippen molar-refractivity contribution in [1.82, 2.24) is 0 Å². The van der Waals surface area contributed by atoms with E-state index in [-0.39, 0.29) is 0 Å². The van der Waals surface area contributed by atoms with E-state index in [1.807, 2.05) is 12.1 Å². The van der Waals surface area contributed by atoms with Gasteiger partial charge in [0.25, 0.3) is 0 Å². The molecule has 0 radical (unpaired) electrons. The first kappa shape index (κ1) is 13.2. The van der Waals surface area contributed by atoms with Crippen molar-refractivity contribution in [1.29, 1.82) is 0 Å². The van der Waals surface area contributed by atoms with Crippen LogP contribution in [-0.2, 0) is 19.3 Å². The first-order valence-electron chi connectivity index (χ1n) is 5.87. The summed E-state index contributed by atoms with van der Waals surface area (Å²) in [6, 6.07) is 15.2. The molecule has 2 aromatic carbocycles. The van der Waals surface area contributed by atoms with Gasteiger partial charge >= 0.3 is 8.80 Å². The lowest BCUT2D eigenvalue weighted by atomic mass is 10.1. The van der Waals surface area contributed by atoms with Gasteiger partial charge in [-0.2, -0.15) is 0 Å². The second-order valence-electron chi connectivity index (χ2n) is 4.11. The molecule has 2 rings (SSSR count). The average molecular weight is 262 g/mol. The van der Waals surface area contributed by atoms with Gasteiger partial charge in [-0.25, -0.2) is 0 Å². The molecule has 0 unspecified atom stereocenters. The molecule has 0 aliphatic carbocycles. The molecule has 0 aromatic heterocycles. The number of fused-ring (bicyclic) bond motifs is 1. The molecule has 0 atom stereocenters. The van der Waals surface area contributed by atoms with Gasteiger partial charge in [-0.1, -0.05) is 42.5 Å². The molecule has 0 bridgehead atoms. The van der Waals surface area contributed by atoms with E-state index in [0.717, 1.165) is 0 Å². The van der Waals surface area contributed by atoms with Crippen molar-refractivity contribution in [2.75, 3.05) is 21.3 Å². The Kier molecular flexibility index (Phi) is 4.14. The van der Waals surface area contributed by atoms with Gasteiger partial charge in [-0.15, -0.1) is 0 Å². The number of hydrogen-bond donors (Lipinski definition) is 0. The summed E-state index contributed by atoms with van der Waals surface area (Å²) in [6.07, 6.45) is 0. The largest absolute Gasteiger partial charge is 0.504 e. The van der Waals surface area contributed by atoms with E-state index in [2.05, 4.69) is 30.3 Å². The van der Waals surface area contributed by atoms with E-state index in [0.29, 0.717) is 6.04 Å². The molecule has 0 aliphatic rings. The molecule has 0 N–H and O–H groups in total. The third kappa shape index (κ3) is 2.47. The fourth-order valence-electron chi connectivity index (χ4n) is 2.15. The molecule has 0 saturated carbocycles. The molecule has 0 heterocycles. The van der Waals surface area contributed by atoms with Crippen molar-refractivity contribution >= 4 is 19.6 Å². The monoisotopic (exact) mass is 262 g/mol. The van der Waals surface area contributed by atoms with Crippen LogP contribution in [0, 0.1) is 0 Å². The zero-order chi connectivity index (χ0) is 13.0. The van der Waals surface area contributed by atoms with E-state index in [1.165, 1.54) is 16.3 Å². The molecule has 0 spiro atoms. The van der Waals surface area contributed by atoms with Crippen molar-refractivity contribution in [2.45, 2.75) is 6.04 Å². The van der Waals surface area contributed by atoms with Crippen LogP contribution in [-0.4, -0.2) is 30.1 Å². The Bertz CT molecular complexity index is 510. The zero-order valence-electron chi connectivity index (χ0n) is 11.0. The highest BCUT2D eigenvalue weighted by atomic mass is 28.4. The third-order valence-electron chi connectivity index (χ3n) is 3.22. The van der Waals surface area contributed by atoms with Gasteiger partial charge in [0.1, 0.15) is 0 Å². The lowest BCUT2D eigenvalue weighted by molar-refractivity contribution is 0.123. The number of rotatable bonds is 5. The normalized spacial score (nSPS) is 11.9. The van der Waals surface area contributed by atoms with Crippen molar-refractivity contribution in [3.05, 3.63) is 48.0 Å². The fourth-order valence-corrected chi connectivity index (χ4v) is 3.85. The van der Waals surface area contributed by atoms with Gasteiger partial charge in [0.15, 0.2) is 0 Å². The highest BCUT2D eigenvalue weighted by Crippen LogP contribution is 2.23. The molecular formula is C14H18O3Si. The third-order valence-corrected chi connectivity index (χ3v) is 5.90. The van der Waals surface area contributed by atoms with Crippen LogP contribution in [0.15, 0.2) is 42.5 Å². The minimum Gasteiger partial charge on any atom is -0.377 e. The lowest BCUT2D eigenvalue weighted by Gasteiger charge is -2.24.